The minimum atomic E-state index is 0.478. The molecule has 1 aliphatic heterocycles. The molecule has 0 amide bonds. The summed E-state index contributed by atoms with van der Waals surface area (Å²) >= 11 is 0. The molecule has 2 saturated carbocycles. The number of hydrogen-bond acceptors (Lipinski definition) is 1. The molecule has 1 nitrogen and oxygen atoms in total. The molecule has 1 saturated heterocycles. The van der Waals surface area contributed by atoms with E-state index in [-0.39, 0.29) is 0 Å². The summed E-state index contributed by atoms with van der Waals surface area (Å²) in [5, 5.41) is 0. The molecular weight excluding hydrogens is 160 g/mol. The van der Waals surface area contributed by atoms with E-state index in [0.29, 0.717) is 11.7 Å². The average molecular weight is 180 g/mol. The van der Waals surface area contributed by atoms with Crippen LogP contribution < -0.4 is 0 Å². The van der Waals surface area contributed by atoms with Crippen LogP contribution in [0, 0.1) is 11.8 Å². The first-order chi connectivity index (χ1) is 6.39. The standard InChI is InChI=1S/C12H20O/c1-2-3-4-8-11-12(13-11)9-6-5-7-10(9)12/h9-11H,2-8H2,1H3. The second-order valence-corrected chi connectivity index (χ2v) is 5.10. The van der Waals surface area contributed by atoms with Gasteiger partial charge in [0.1, 0.15) is 5.60 Å². The van der Waals surface area contributed by atoms with Crippen LogP contribution >= 0.6 is 0 Å². The van der Waals surface area contributed by atoms with Crippen molar-refractivity contribution in [3.8, 4) is 0 Å². The normalized spacial score (nSPS) is 51.0. The Balaban J connectivity index is 1.46. The number of epoxide rings is 1. The monoisotopic (exact) mass is 180 g/mol. The number of ether oxygens (including phenoxy) is 1. The fraction of sp³-hybridized carbons (Fsp3) is 1.00. The highest BCUT2D eigenvalue weighted by Gasteiger charge is 2.80. The highest BCUT2D eigenvalue weighted by molar-refractivity contribution is 5.28. The van der Waals surface area contributed by atoms with Gasteiger partial charge >= 0.3 is 0 Å². The first kappa shape index (κ1) is 8.28. The Hall–Kier alpha value is -0.0400. The van der Waals surface area contributed by atoms with Crippen molar-refractivity contribution in [1.82, 2.24) is 0 Å². The quantitative estimate of drug-likeness (QED) is 0.478. The van der Waals surface area contributed by atoms with E-state index in [1.807, 2.05) is 0 Å². The third-order valence-corrected chi connectivity index (χ3v) is 4.43. The first-order valence-corrected chi connectivity index (χ1v) is 6.07. The molecule has 3 rings (SSSR count). The Bertz CT molecular complexity index is 201. The lowest BCUT2D eigenvalue weighted by Gasteiger charge is -1.96. The smallest absolute Gasteiger partial charge is 0.101 e. The van der Waals surface area contributed by atoms with Crippen LogP contribution in [0.3, 0.4) is 0 Å². The van der Waals surface area contributed by atoms with Crippen LogP contribution in [0.25, 0.3) is 0 Å². The Morgan fingerprint density at radius 2 is 2.00 bits per heavy atom. The van der Waals surface area contributed by atoms with Crippen LogP contribution in [-0.2, 0) is 4.74 Å². The molecule has 3 atom stereocenters. The van der Waals surface area contributed by atoms with E-state index in [2.05, 4.69) is 6.92 Å². The van der Waals surface area contributed by atoms with Crippen molar-refractivity contribution in [2.75, 3.05) is 0 Å². The van der Waals surface area contributed by atoms with Gasteiger partial charge in [-0.1, -0.05) is 32.6 Å². The van der Waals surface area contributed by atoms with Crippen molar-refractivity contribution in [3.05, 3.63) is 0 Å². The lowest BCUT2D eigenvalue weighted by molar-refractivity contribution is 0.325. The summed E-state index contributed by atoms with van der Waals surface area (Å²) < 4.78 is 5.93. The SMILES string of the molecule is CCCCCC1OC12C1CCCC12. The van der Waals surface area contributed by atoms with E-state index < -0.39 is 0 Å². The lowest BCUT2D eigenvalue weighted by Crippen LogP contribution is -2.01. The second kappa shape index (κ2) is 2.73. The minimum absolute atomic E-state index is 0.478. The van der Waals surface area contributed by atoms with Gasteiger partial charge in [-0.25, -0.2) is 0 Å². The van der Waals surface area contributed by atoms with Crippen molar-refractivity contribution in [2.24, 2.45) is 11.8 Å². The van der Waals surface area contributed by atoms with Crippen LogP contribution in [0.2, 0.25) is 0 Å². The van der Waals surface area contributed by atoms with Gasteiger partial charge in [0.2, 0.25) is 0 Å². The van der Waals surface area contributed by atoms with Crippen LogP contribution in [0.15, 0.2) is 0 Å². The average Bonchev–Trinajstić information content (AvgIpc) is 2.91. The van der Waals surface area contributed by atoms with Crippen molar-refractivity contribution in [3.63, 3.8) is 0 Å². The minimum Gasteiger partial charge on any atom is -0.365 e. The number of unbranched alkanes of at least 4 members (excludes halogenated alkanes) is 2. The summed E-state index contributed by atoms with van der Waals surface area (Å²) in [4.78, 5) is 0. The van der Waals surface area contributed by atoms with Crippen molar-refractivity contribution in [1.29, 1.82) is 0 Å². The molecule has 2 aliphatic carbocycles. The third kappa shape index (κ3) is 1.03. The molecule has 74 valence electrons. The van der Waals surface area contributed by atoms with Gasteiger partial charge in [0.05, 0.1) is 6.10 Å². The number of fused-ring (bicyclic) bond motifs is 3. The van der Waals surface area contributed by atoms with Gasteiger partial charge in [-0.15, -0.1) is 0 Å². The lowest BCUT2D eigenvalue weighted by atomic mass is 10.0. The molecule has 0 aromatic carbocycles. The molecule has 1 heteroatoms. The van der Waals surface area contributed by atoms with Gasteiger partial charge in [-0.05, 0) is 31.1 Å². The topological polar surface area (TPSA) is 12.5 Å². The highest BCUT2D eigenvalue weighted by atomic mass is 16.6. The van der Waals surface area contributed by atoms with E-state index in [0.717, 1.165) is 11.8 Å². The molecule has 0 aromatic heterocycles. The zero-order valence-corrected chi connectivity index (χ0v) is 8.59. The van der Waals surface area contributed by atoms with Gasteiger partial charge in [-0.2, -0.15) is 0 Å². The van der Waals surface area contributed by atoms with Crippen molar-refractivity contribution in [2.45, 2.75) is 63.6 Å². The van der Waals surface area contributed by atoms with Crippen LogP contribution in [0.1, 0.15) is 51.9 Å². The van der Waals surface area contributed by atoms with Gasteiger partial charge in [0.15, 0.2) is 0 Å². The molecule has 0 aromatic rings. The molecule has 13 heavy (non-hydrogen) atoms. The molecule has 3 aliphatic rings. The van der Waals surface area contributed by atoms with Crippen molar-refractivity contribution >= 4 is 0 Å². The predicted molar refractivity (Wildman–Crippen MR) is 52.6 cm³/mol. The Morgan fingerprint density at radius 1 is 1.23 bits per heavy atom. The summed E-state index contributed by atoms with van der Waals surface area (Å²) in [6, 6.07) is 0. The molecule has 3 fully saturated rings. The zero-order chi connectivity index (χ0) is 8.89. The number of rotatable bonds is 4. The van der Waals surface area contributed by atoms with E-state index in [1.54, 1.807) is 0 Å². The second-order valence-electron chi connectivity index (χ2n) is 5.10. The molecule has 1 heterocycles. The maximum atomic E-state index is 5.93. The van der Waals surface area contributed by atoms with Crippen LogP contribution in [-0.4, -0.2) is 11.7 Å². The molecule has 0 bridgehead atoms. The maximum Gasteiger partial charge on any atom is 0.101 e. The summed E-state index contributed by atoms with van der Waals surface area (Å²) in [5.74, 6) is 2.00. The zero-order valence-electron chi connectivity index (χ0n) is 8.59. The van der Waals surface area contributed by atoms with Gasteiger partial charge in [0.25, 0.3) is 0 Å². The van der Waals surface area contributed by atoms with Crippen molar-refractivity contribution < 1.29 is 4.74 Å². The van der Waals surface area contributed by atoms with Crippen LogP contribution in [0.4, 0.5) is 0 Å². The molecule has 3 unspecified atom stereocenters. The number of hydrogen-bond donors (Lipinski definition) is 0. The van der Waals surface area contributed by atoms with Gasteiger partial charge in [0, 0.05) is 0 Å². The summed E-state index contributed by atoms with van der Waals surface area (Å²) in [6.07, 6.45) is 10.6. The summed E-state index contributed by atoms with van der Waals surface area (Å²) in [7, 11) is 0. The molecule has 1 spiro atoms. The summed E-state index contributed by atoms with van der Waals surface area (Å²) in [5.41, 5.74) is 0.478. The maximum absolute atomic E-state index is 5.93. The van der Waals surface area contributed by atoms with E-state index in [1.165, 1.54) is 44.9 Å². The van der Waals surface area contributed by atoms with Gasteiger partial charge < -0.3 is 4.74 Å². The fourth-order valence-corrected chi connectivity index (χ4v) is 3.67. The largest absolute Gasteiger partial charge is 0.365 e. The Labute approximate surface area is 80.8 Å². The highest BCUT2D eigenvalue weighted by Crippen LogP contribution is 2.73. The van der Waals surface area contributed by atoms with E-state index >= 15 is 0 Å². The first-order valence-electron chi connectivity index (χ1n) is 6.07. The van der Waals surface area contributed by atoms with E-state index in [4.69, 9.17) is 4.74 Å². The van der Waals surface area contributed by atoms with Gasteiger partial charge in [-0.3, -0.25) is 0 Å². The molecular formula is C12H20O. The Morgan fingerprint density at radius 3 is 2.69 bits per heavy atom. The van der Waals surface area contributed by atoms with E-state index in [9.17, 15) is 0 Å². The summed E-state index contributed by atoms with van der Waals surface area (Å²) in [6.45, 7) is 2.27. The predicted octanol–water partition coefficient (Wildman–Crippen LogP) is 3.13. The Kier molecular flexibility index (Phi) is 1.74. The third-order valence-electron chi connectivity index (χ3n) is 4.43. The molecule has 0 N–H and O–H groups in total. The fourth-order valence-electron chi connectivity index (χ4n) is 3.67. The molecule has 0 radical (unpaired) electrons. The van der Waals surface area contributed by atoms with Crippen LogP contribution in [0.5, 0.6) is 0 Å².